The number of nitrogens with two attached hydrogens (primary N) is 1. The second-order valence-corrected chi connectivity index (χ2v) is 4.10. The van der Waals surface area contributed by atoms with Crippen LogP contribution in [-0.2, 0) is 4.79 Å². The monoisotopic (exact) mass is 243 g/mol. The highest BCUT2D eigenvalue weighted by Crippen LogP contribution is 2.07. The van der Waals surface area contributed by atoms with Gasteiger partial charge in [0.1, 0.15) is 0 Å². The Morgan fingerprint density at radius 1 is 1.06 bits per heavy atom. The van der Waals surface area contributed by atoms with Crippen molar-refractivity contribution < 1.29 is 9.90 Å². The summed E-state index contributed by atoms with van der Waals surface area (Å²) in [5, 5.41) is 7.83. The average molecular weight is 243 g/mol. The summed E-state index contributed by atoms with van der Waals surface area (Å²) in [6.45, 7) is 4.79. The summed E-state index contributed by atoms with van der Waals surface area (Å²) in [5.74, 6) is -0.891. The molecule has 0 amide bonds. The number of hydrogen-bond donors (Lipinski definition) is 2. The van der Waals surface area contributed by atoms with Gasteiger partial charge in [0.15, 0.2) is 0 Å². The Bertz CT molecular complexity index is 171. The van der Waals surface area contributed by atoms with Crippen molar-refractivity contribution in [3.8, 4) is 0 Å². The molecule has 0 bridgehead atoms. The number of unbranched alkanes of at least 4 members (excludes halogenated alkanes) is 7. The first-order chi connectivity index (χ1) is 8.18. The van der Waals surface area contributed by atoms with E-state index in [1.807, 2.05) is 0 Å². The van der Waals surface area contributed by atoms with Crippen LogP contribution in [0.3, 0.4) is 0 Å². The zero-order valence-corrected chi connectivity index (χ0v) is 11.5. The van der Waals surface area contributed by atoms with Gasteiger partial charge in [-0.25, -0.2) is 4.79 Å². The molecule has 0 aliphatic heterocycles. The van der Waals surface area contributed by atoms with Crippen LogP contribution in [0.25, 0.3) is 0 Å². The predicted molar refractivity (Wildman–Crippen MR) is 74.1 cm³/mol. The molecule has 0 rings (SSSR count). The lowest BCUT2D eigenvalue weighted by Gasteiger charge is -1.99. The summed E-state index contributed by atoms with van der Waals surface area (Å²) in [6, 6.07) is 0. The zero-order chi connectivity index (χ0) is 13.4. The molecule has 17 heavy (non-hydrogen) atoms. The molecule has 0 atom stereocenters. The van der Waals surface area contributed by atoms with Gasteiger partial charge in [0.05, 0.1) is 0 Å². The molecule has 0 aromatic heterocycles. The minimum atomic E-state index is -0.891. The highest BCUT2D eigenvalue weighted by Gasteiger charge is 1.89. The maximum Gasteiger partial charge on any atom is 0.327 e. The lowest BCUT2D eigenvalue weighted by molar-refractivity contribution is -0.131. The Morgan fingerprint density at radius 2 is 1.53 bits per heavy atom. The van der Waals surface area contributed by atoms with Gasteiger partial charge in [0.2, 0.25) is 0 Å². The van der Waals surface area contributed by atoms with Gasteiger partial charge in [-0.2, -0.15) is 0 Å². The van der Waals surface area contributed by atoms with Gasteiger partial charge in [0, 0.05) is 6.08 Å². The van der Waals surface area contributed by atoms with E-state index in [1.165, 1.54) is 57.4 Å². The van der Waals surface area contributed by atoms with Crippen molar-refractivity contribution in [2.45, 2.75) is 65.2 Å². The van der Waals surface area contributed by atoms with E-state index in [0.717, 1.165) is 12.6 Å². The lowest BCUT2D eigenvalue weighted by Crippen LogP contribution is -1.97. The fourth-order valence-corrected chi connectivity index (χ4v) is 1.42. The summed E-state index contributed by atoms with van der Waals surface area (Å²) in [5.41, 5.74) is 5.39. The fraction of sp³-hybridized carbons (Fsp3) is 0.786. The van der Waals surface area contributed by atoms with E-state index in [0.29, 0.717) is 0 Å². The topological polar surface area (TPSA) is 63.3 Å². The van der Waals surface area contributed by atoms with Gasteiger partial charge in [-0.05, 0) is 19.9 Å². The maximum absolute atomic E-state index is 9.51. The van der Waals surface area contributed by atoms with Gasteiger partial charge in [-0.1, -0.05) is 57.9 Å². The molecular formula is C14H29NO2. The van der Waals surface area contributed by atoms with Crippen molar-refractivity contribution in [3.63, 3.8) is 0 Å². The highest BCUT2D eigenvalue weighted by atomic mass is 16.4. The number of allylic oxidation sites excluding steroid dienone is 1. The third-order valence-electron chi connectivity index (χ3n) is 2.37. The van der Waals surface area contributed by atoms with E-state index < -0.39 is 5.97 Å². The lowest BCUT2D eigenvalue weighted by atomic mass is 10.1. The largest absolute Gasteiger partial charge is 0.478 e. The molecule has 3 N–H and O–H groups in total. The molecule has 0 saturated heterocycles. The summed E-state index contributed by atoms with van der Waals surface area (Å²) in [4.78, 5) is 9.51. The third-order valence-corrected chi connectivity index (χ3v) is 2.37. The molecule has 0 fully saturated rings. The van der Waals surface area contributed by atoms with Crippen LogP contribution >= 0.6 is 0 Å². The first-order valence-corrected chi connectivity index (χ1v) is 6.74. The first kappa shape index (κ1) is 18.5. The number of aliphatic carboxylic acids is 1. The van der Waals surface area contributed by atoms with Crippen molar-refractivity contribution in [1.82, 2.24) is 0 Å². The van der Waals surface area contributed by atoms with Crippen LogP contribution in [0, 0.1) is 0 Å². The van der Waals surface area contributed by atoms with Crippen LogP contribution in [0.2, 0.25) is 0 Å². The third kappa shape index (κ3) is 25.4. The summed E-state index contributed by atoms with van der Waals surface area (Å²) < 4.78 is 0. The Labute approximate surface area is 106 Å². The molecule has 3 nitrogen and oxygen atoms in total. The van der Waals surface area contributed by atoms with Crippen LogP contribution in [0.15, 0.2) is 12.2 Å². The molecule has 0 unspecified atom stereocenters. The molecule has 0 aromatic rings. The molecule has 0 saturated carbocycles. The van der Waals surface area contributed by atoms with E-state index in [1.54, 1.807) is 6.92 Å². The van der Waals surface area contributed by atoms with Crippen molar-refractivity contribution >= 4 is 5.97 Å². The smallest absolute Gasteiger partial charge is 0.327 e. The minimum absolute atomic E-state index is 0.870. The van der Waals surface area contributed by atoms with Gasteiger partial charge in [0.25, 0.3) is 0 Å². The van der Waals surface area contributed by atoms with E-state index in [2.05, 4.69) is 6.92 Å². The van der Waals surface area contributed by atoms with Gasteiger partial charge in [-0.15, -0.1) is 0 Å². The van der Waals surface area contributed by atoms with Crippen LogP contribution in [0.4, 0.5) is 0 Å². The van der Waals surface area contributed by atoms with Crippen molar-refractivity contribution in [3.05, 3.63) is 12.2 Å². The second kappa shape index (κ2) is 17.6. The molecule has 0 aromatic carbocycles. The Kier molecular flexibility index (Phi) is 19.1. The Balaban J connectivity index is 0. The predicted octanol–water partition coefficient (Wildman–Crippen LogP) is 3.73. The number of carboxylic acid groups (broad SMARTS) is 1. The average Bonchev–Trinajstić information content (AvgIpc) is 2.29. The van der Waals surface area contributed by atoms with E-state index >= 15 is 0 Å². The Morgan fingerprint density at radius 3 is 1.82 bits per heavy atom. The number of rotatable bonds is 9. The zero-order valence-electron chi connectivity index (χ0n) is 11.5. The van der Waals surface area contributed by atoms with Gasteiger partial charge in [-0.3, -0.25) is 0 Å². The summed E-state index contributed by atoms with van der Waals surface area (Å²) >= 11 is 0. The summed E-state index contributed by atoms with van der Waals surface area (Å²) in [7, 11) is 0. The molecule has 0 aliphatic carbocycles. The normalized spacial score (nSPS) is 10.1. The van der Waals surface area contributed by atoms with Gasteiger partial charge < -0.3 is 10.8 Å². The first-order valence-electron chi connectivity index (χ1n) is 6.74. The molecule has 0 radical (unpaired) electrons. The van der Waals surface area contributed by atoms with Crippen LogP contribution in [0.1, 0.15) is 65.2 Å². The fourth-order valence-electron chi connectivity index (χ4n) is 1.42. The quantitative estimate of drug-likeness (QED) is 0.479. The van der Waals surface area contributed by atoms with Crippen molar-refractivity contribution in [2.24, 2.45) is 5.73 Å². The highest BCUT2D eigenvalue weighted by molar-refractivity contribution is 5.79. The van der Waals surface area contributed by atoms with Gasteiger partial charge >= 0.3 is 5.97 Å². The second-order valence-electron chi connectivity index (χ2n) is 4.10. The molecule has 3 heteroatoms. The van der Waals surface area contributed by atoms with E-state index in [-0.39, 0.29) is 0 Å². The SMILES string of the molecule is C/C=C/C(=O)O.CCCCCCCCCCN. The van der Waals surface area contributed by atoms with E-state index in [4.69, 9.17) is 10.8 Å². The van der Waals surface area contributed by atoms with Crippen molar-refractivity contribution in [2.75, 3.05) is 6.54 Å². The summed E-state index contributed by atoms with van der Waals surface area (Å²) in [6.07, 6.45) is 13.5. The van der Waals surface area contributed by atoms with Crippen LogP contribution < -0.4 is 5.73 Å². The molecule has 0 spiro atoms. The standard InChI is InChI=1S/C10H23N.C4H6O2/c1-2-3-4-5-6-7-8-9-10-11;1-2-3-4(5)6/h2-11H2,1H3;2-3H,1H3,(H,5,6)/b;3-2+. The van der Waals surface area contributed by atoms with Crippen LogP contribution in [-0.4, -0.2) is 17.6 Å². The van der Waals surface area contributed by atoms with Crippen molar-refractivity contribution in [1.29, 1.82) is 0 Å². The molecule has 102 valence electrons. The Hall–Kier alpha value is -0.830. The maximum atomic E-state index is 9.51. The molecule has 0 heterocycles. The number of carbonyl (C=O) groups is 1. The van der Waals surface area contributed by atoms with E-state index in [9.17, 15) is 4.79 Å². The number of hydrogen-bond acceptors (Lipinski definition) is 2. The van der Waals surface area contributed by atoms with Crippen LogP contribution in [0.5, 0.6) is 0 Å². The minimum Gasteiger partial charge on any atom is -0.478 e. The number of carboxylic acids is 1. The molecular weight excluding hydrogens is 214 g/mol. The molecule has 0 aliphatic rings.